The second-order valence-electron chi connectivity index (χ2n) is 8.86. The summed E-state index contributed by atoms with van der Waals surface area (Å²) in [6.45, 7) is 3.22. The molecule has 1 aliphatic rings. The summed E-state index contributed by atoms with van der Waals surface area (Å²) in [5.74, 6) is -4.71. The number of alkyl halides is 3. The summed E-state index contributed by atoms with van der Waals surface area (Å²) >= 11 is 0. The maximum Gasteiger partial charge on any atom is 0.416 e. The Morgan fingerprint density at radius 3 is 2.46 bits per heavy atom. The molecule has 1 aliphatic heterocycles. The lowest BCUT2D eigenvalue weighted by Crippen LogP contribution is -2.27. The molecule has 5 nitrogen and oxygen atoms in total. The molecule has 1 N–H and O–H groups in total. The van der Waals surface area contributed by atoms with E-state index < -0.39 is 40.7 Å². The number of nitrogens with zero attached hydrogens (tertiary/aromatic N) is 2. The van der Waals surface area contributed by atoms with E-state index in [9.17, 15) is 31.1 Å². The van der Waals surface area contributed by atoms with Crippen molar-refractivity contribution in [3.8, 4) is 0 Å². The smallest absolute Gasteiger partial charge is 0.384 e. The van der Waals surface area contributed by atoms with E-state index in [2.05, 4.69) is 15.5 Å². The summed E-state index contributed by atoms with van der Waals surface area (Å²) in [5.41, 5.74) is -0.0161. The van der Waals surface area contributed by atoms with Crippen molar-refractivity contribution in [2.24, 2.45) is 5.16 Å². The maximum atomic E-state index is 13.7. The van der Waals surface area contributed by atoms with Crippen LogP contribution in [-0.4, -0.2) is 23.1 Å². The molecule has 194 valence electrons. The lowest BCUT2D eigenvalue weighted by molar-refractivity contribution is -0.138. The fraction of sp³-hybridized carbons (Fsp3) is 0.269. The Balaban J connectivity index is 1.42. The number of hydrogen-bond donors (Lipinski definition) is 1. The Hall–Kier alpha value is -3.89. The number of oxime groups is 1. The van der Waals surface area contributed by atoms with Crippen LogP contribution in [0.3, 0.4) is 0 Å². The van der Waals surface area contributed by atoms with E-state index >= 15 is 0 Å². The van der Waals surface area contributed by atoms with Crippen molar-refractivity contribution in [1.29, 1.82) is 0 Å². The molecule has 0 bridgehead atoms. The number of nitrogens with one attached hydrogen (secondary N) is 1. The van der Waals surface area contributed by atoms with Crippen LogP contribution in [0, 0.1) is 24.4 Å². The van der Waals surface area contributed by atoms with Gasteiger partial charge in [-0.3, -0.25) is 9.78 Å². The van der Waals surface area contributed by atoms with Crippen molar-refractivity contribution in [1.82, 2.24) is 10.3 Å². The molecule has 0 aliphatic carbocycles. The first-order chi connectivity index (χ1) is 17.4. The van der Waals surface area contributed by atoms with Crippen LogP contribution in [0.2, 0.25) is 0 Å². The van der Waals surface area contributed by atoms with Crippen LogP contribution < -0.4 is 5.32 Å². The molecular formula is C26H21F6N3O2. The first kappa shape index (κ1) is 26.2. The molecule has 0 spiro atoms. The summed E-state index contributed by atoms with van der Waals surface area (Å²) in [6.07, 6.45) is -2.25. The molecule has 1 atom stereocenters. The number of amides is 1. The summed E-state index contributed by atoms with van der Waals surface area (Å²) in [5, 5.41) is 6.64. The lowest BCUT2D eigenvalue weighted by atomic mass is 9.88. The number of halogens is 6. The van der Waals surface area contributed by atoms with Gasteiger partial charge in [0.15, 0.2) is 23.1 Å². The Morgan fingerprint density at radius 2 is 1.81 bits per heavy atom. The van der Waals surface area contributed by atoms with Crippen molar-refractivity contribution in [3.05, 3.63) is 99.6 Å². The minimum Gasteiger partial charge on any atom is -0.384 e. The van der Waals surface area contributed by atoms with E-state index in [0.717, 1.165) is 30.6 Å². The molecule has 0 fully saturated rings. The van der Waals surface area contributed by atoms with E-state index in [0.29, 0.717) is 22.4 Å². The average Bonchev–Trinajstić information content (AvgIpc) is 3.25. The Morgan fingerprint density at radius 1 is 1.11 bits per heavy atom. The van der Waals surface area contributed by atoms with Crippen LogP contribution >= 0.6 is 0 Å². The molecule has 0 radical (unpaired) electrons. The summed E-state index contributed by atoms with van der Waals surface area (Å²) in [4.78, 5) is 21.8. The molecule has 1 aromatic heterocycles. The van der Waals surface area contributed by atoms with Gasteiger partial charge in [0.1, 0.15) is 0 Å². The minimum atomic E-state index is -4.52. The number of aryl methyl sites for hydroxylation is 1. The summed E-state index contributed by atoms with van der Waals surface area (Å²) in [6, 6.07) is 7.45. The van der Waals surface area contributed by atoms with Crippen LogP contribution in [0.1, 0.15) is 51.5 Å². The molecule has 4 rings (SSSR count). The van der Waals surface area contributed by atoms with Crippen LogP contribution in [0.15, 0.2) is 53.9 Å². The topological polar surface area (TPSA) is 63.6 Å². The number of hydrogen-bond acceptors (Lipinski definition) is 4. The predicted octanol–water partition coefficient (Wildman–Crippen LogP) is 5.84. The highest BCUT2D eigenvalue weighted by atomic mass is 19.4. The third-order valence-corrected chi connectivity index (χ3v) is 6.15. The summed E-state index contributed by atoms with van der Waals surface area (Å²) in [7, 11) is 0. The Labute approximate surface area is 208 Å². The van der Waals surface area contributed by atoms with Gasteiger partial charge < -0.3 is 10.2 Å². The third-order valence-electron chi connectivity index (χ3n) is 6.15. The first-order valence-electron chi connectivity index (χ1n) is 11.2. The van der Waals surface area contributed by atoms with Crippen LogP contribution in [0.25, 0.3) is 0 Å². The number of pyridine rings is 1. The van der Waals surface area contributed by atoms with Crippen molar-refractivity contribution < 1.29 is 36.0 Å². The van der Waals surface area contributed by atoms with Gasteiger partial charge in [-0.05, 0) is 67.3 Å². The Bertz CT molecular complexity index is 1370. The molecular weight excluding hydrogens is 500 g/mol. The van der Waals surface area contributed by atoms with Crippen molar-refractivity contribution >= 4 is 11.6 Å². The van der Waals surface area contributed by atoms with E-state index in [-0.39, 0.29) is 30.5 Å². The van der Waals surface area contributed by atoms with Crippen LogP contribution in [0.4, 0.5) is 26.3 Å². The number of rotatable bonds is 6. The van der Waals surface area contributed by atoms with E-state index in [1.54, 1.807) is 32.0 Å². The van der Waals surface area contributed by atoms with Crippen LogP contribution in [0.5, 0.6) is 0 Å². The monoisotopic (exact) mass is 521 g/mol. The third kappa shape index (κ3) is 5.45. The molecule has 11 heteroatoms. The van der Waals surface area contributed by atoms with Crippen molar-refractivity contribution in [2.75, 3.05) is 6.54 Å². The summed E-state index contributed by atoms with van der Waals surface area (Å²) < 4.78 is 80.2. The van der Waals surface area contributed by atoms with Gasteiger partial charge in [0.2, 0.25) is 0 Å². The SMILES string of the molecule is Cc1cc(C2=NOC(C)(c3cc(F)c(F)c(F)c3)C2)ccc1C(=O)NCCc1cnccc1C(F)(F)F. The number of carbonyl (C=O) groups excluding carboxylic acids is 1. The highest BCUT2D eigenvalue weighted by Crippen LogP contribution is 2.37. The minimum absolute atomic E-state index is 0.0226. The fourth-order valence-electron chi connectivity index (χ4n) is 4.12. The fourth-order valence-corrected chi connectivity index (χ4v) is 4.12. The van der Waals surface area contributed by atoms with E-state index in [1.807, 2.05) is 0 Å². The molecule has 2 heterocycles. The molecule has 1 amide bonds. The quantitative estimate of drug-likeness (QED) is 0.328. The highest BCUT2D eigenvalue weighted by Gasteiger charge is 2.38. The zero-order chi connectivity index (χ0) is 27.0. The normalized spacial score (nSPS) is 17.4. The van der Waals surface area contributed by atoms with Crippen molar-refractivity contribution in [2.45, 2.75) is 38.5 Å². The highest BCUT2D eigenvalue weighted by molar-refractivity contribution is 6.03. The number of benzene rings is 2. The first-order valence-corrected chi connectivity index (χ1v) is 11.2. The molecule has 3 aromatic rings. The Kier molecular flexibility index (Phi) is 6.98. The molecule has 37 heavy (non-hydrogen) atoms. The maximum absolute atomic E-state index is 13.7. The van der Waals surface area contributed by atoms with Gasteiger partial charge in [-0.2, -0.15) is 13.2 Å². The van der Waals surface area contributed by atoms with Gasteiger partial charge in [0.25, 0.3) is 5.91 Å². The van der Waals surface area contributed by atoms with Gasteiger partial charge in [0.05, 0.1) is 11.3 Å². The van der Waals surface area contributed by atoms with E-state index in [1.165, 1.54) is 0 Å². The van der Waals surface area contributed by atoms with Gasteiger partial charge in [-0.25, -0.2) is 13.2 Å². The molecule has 2 aromatic carbocycles. The van der Waals surface area contributed by atoms with Gasteiger partial charge in [-0.15, -0.1) is 0 Å². The second-order valence-corrected chi connectivity index (χ2v) is 8.86. The van der Waals surface area contributed by atoms with E-state index in [4.69, 9.17) is 4.84 Å². The largest absolute Gasteiger partial charge is 0.416 e. The lowest BCUT2D eigenvalue weighted by Gasteiger charge is -2.22. The number of carbonyl (C=O) groups is 1. The molecule has 0 saturated heterocycles. The average molecular weight is 521 g/mol. The van der Waals surface area contributed by atoms with Gasteiger partial charge >= 0.3 is 6.18 Å². The predicted molar refractivity (Wildman–Crippen MR) is 122 cm³/mol. The molecule has 1 unspecified atom stereocenters. The van der Waals surface area contributed by atoms with Crippen molar-refractivity contribution in [3.63, 3.8) is 0 Å². The molecule has 0 saturated carbocycles. The second kappa shape index (κ2) is 9.87. The van der Waals surface area contributed by atoms with Crippen LogP contribution in [-0.2, 0) is 23.0 Å². The standard InChI is InChI=1S/C26H21F6N3O2/c1-14-9-15(22-12-25(2,37-35-22)17-10-20(27)23(29)21(28)11-17)3-4-18(14)24(36)34-8-5-16-13-33-7-6-19(16)26(30,31)32/h3-4,6-7,9-11,13H,5,8,12H2,1-2H3,(H,34,36). The zero-order valence-electron chi connectivity index (χ0n) is 19.7. The van der Waals surface area contributed by atoms with Gasteiger partial charge in [0, 0.05) is 36.5 Å². The van der Waals surface area contributed by atoms with Gasteiger partial charge in [-0.1, -0.05) is 11.2 Å². The number of aromatic nitrogens is 1. The zero-order valence-corrected chi connectivity index (χ0v) is 19.7.